The summed E-state index contributed by atoms with van der Waals surface area (Å²) in [7, 11) is 0. The van der Waals surface area contributed by atoms with Crippen LogP contribution in [0.5, 0.6) is 0 Å². The van der Waals surface area contributed by atoms with Gasteiger partial charge in [-0.2, -0.15) is 0 Å². The molecular formula is C12H16ClNO3. The molecule has 0 bridgehead atoms. The third kappa shape index (κ3) is 5.17. The molecule has 2 N–H and O–H groups in total. The molecule has 1 amide bonds. The van der Waals surface area contributed by atoms with E-state index in [1.54, 1.807) is 12.1 Å². The minimum absolute atomic E-state index is 0.0178. The van der Waals surface area contributed by atoms with Crippen molar-refractivity contribution in [2.75, 3.05) is 26.4 Å². The van der Waals surface area contributed by atoms with Crippen molar-refractivity contribution < 1.29 is 14.6 Å². The van der Waals surface area contributed by atoms with Crippen molar-refractivity contribution in [3.05, 3.63) is 35.9 Å². The SMILES string of the molecule is O=C(NCCOCCO)C(Cl)c1ccccc1. The van der Waals surface area contributed by atoms with Crippen molar-refractivity contribution in [1.29, 1.82) is 0 Å². The molecule has 0 aliphatic rings. The molecule has 0 aliphatic heterocycles. The highest BCUT2D eigenvalue weighted by molar-refractivity contribution is 6.30. The van der Waals surface area contributed by atoms with E-state index in [9.17, 15) is 4.79 Å². The first-order valence-corrected chi connectivity index (χ1v) is 5.84. The Bertz CT molecular complexity index is 332. The molecule has 0 radical (unpaired) electrons. The second-order valence-corrected chi connectivity index (χ2v) is 3.84. The lowest BCUT2D eigenvalue weighted by atomic mass is 10.1. The second kappa shape index (κ2) is 8.06. The Morgan fingerprint density at radius 1 is 1.35 bits per heavy atom. The first-order valence-electron chi connectivity index (χ1n) is 5.41. The zero-order valence-electron chi connectivity index (χ0n) is 9.43. The fourth-order valence-electron chi connectivity index (χ4n) is 1.28. The Hall–Kier alpha value is -1.10. The maximum absolute atomic E-state index is 11.6. The van der Waals surface area contributed by atoms with Gasteiger partial charge in [-0.3, -0.25) is 4.79 Å². The molecular weight excluding hydrogens is 242 g/mol. The number of carbonyl (C=O) groups is 1. The summed E-state index contributed by atoms with van der Waals surface area (Å²) < 4.78 is 5.01. The minimum Gasteiger partial charge on any atom is -0.394 e. The Kier molecular flexibility index (Phi) is 6.62. The Morgan fingerprint density at radius 3 is 2.71 bits per heavy atom. The van der Waals surface area contributed by atoms with Crippen molar-refractivity contribution in [3.8, 4) is 0 Å². The van der Waals surface area contributed by atoms with E-state index >= 15 is 0 Å². The van der Waals surface area contributed by atoms with E-state index in [0.29, 0.717) is 13.2 Å². The fraction of sp³-hybridized carbons (Fsp3) is 0.417. The van der Waals surface area contributed by atoms with E-state index in [0.717, 1.165) is 5.56 Å². The van der Waals surface area contributed by atoms with Gasteiger partial charge < -0.3 is 15.2 Å². The second-order valence-electron chi connectivity index (χ2n) is 3.40. The van der Waals surface area contributed by atoms with Crippen LogP contribution in [0.4, 0.5) is 0 Å². The summed E-state index contributed by atoms with van der Waals surface area (Å²) >= 11 is 6.00. The molecule has 0 saturated heterocycles. The number of ether oxygens (including phenoxy) is 1. The number of amides is 1. The first-order chi connectivity index (χ1) is 8.25. The maximum atomic E-state index is 11.6. The van der Waals surface area contributed by atoms with Crippen LogP contribution in [0.3, 0.4) is 0 Å². The molecule has 0 fully saturated rings. The molecule has 94 valence electrons. The van der Waals surface area contributed by atoms with Crippen molar-refractivity contribution >= 4 is 17.5 Å². The predicted octanol–water partition coefficient (Wildman–Crippen LogP) is 1.09. The third-order valence-electron chi connectivity index (χ3n) is 2.10. The van der Waals surface area contributed by atoms with E-state index < -0.39 is 5.38 Å². The van der Waals surface area contributed by atoms with Gasteiger partial charge in [0.25, 0.3) is 0 Å². The largest absolute Gasteiger partial charge is 0.394 e. The average molecular weight is 258 g/mol. The lowest BCUT2D eigenvalue weighted by Gasteiger charge is -2.10. The minimum atomic E-state index is -0.686. The maximum Gasteiger partial charge on any atom is 0.242 e. The van der Waals surface area contributed by atoms with Crippen molar-refractivity contribution in [1.82, 2.24) is 5.32 Å². The van der Waals surface area contributed by atoms with Gasteiger partial charge in [0.2, 0.25) is 5.91 Å². The summed E-state index contributed by atoms with van der Waals surface area (Å²) in [6.45, 7) is 1.01. The Labute approximate surface area is 106 Å². The van der Waals surface area contributed by atoms with Gasteiger partial charge in [-0.05, 0) is 5.56 Å². The zero-order valence-corrected chi connectivity index (χ0v) is 10.2. The van der Waals surface area contributed by atoms with Gasteiger partial charge in [-0.25, -0.2) is 0 Å². The van der Waals surface area contributed by atoms with Crippen molar-refractivity contribution in [3.63, 3.8) is 0 Å². The van der Waals surface area contributed by atoms with Crippen LogP contribution in [0.25, 0.3) is 0 Å². The number of rotatable bonds is 7. The summed E-state index contributed by atoms with van der Waals surface area (Å²) in [6.07, 6.45) is 0. The average Bonchev–Trinajstić information content (AvgIpc) is 2.38. The van der Waals surface area contributed by atoms with Gasteiger partial charge in [0, 0.05) is 6.54 Å². The van der Waals surface area contributed by atoms with E-state index in [-0.39, 0.29) is 19.1 Å². The quantitative estimate of drug-likeness (QED) is 0.568. The van der Waals surface area contributed by atoms with E-state index in [4.69, 9.17) is 21.4 Å². The molecule has 17 heavy (non-hydrogen) atoms. The van der Waals surface area contributed by atoms with E-state index in [1.807, 2.05) is 18.2 Å². The lowest BCUT2D eigenvalue weighted by Crippen LogP contribution is -2.30. The smallest absolute Gasteiger partial charge is 0.242 e. The standard InChI is InChI=1S/C12H16ClNO3/c13-11(10-4-2-1-3-5-10)12(16)14-6-8-17-9-7-15/h1-5,11,15H,6-9H2,(H,14,16). The molecule has 0 heterocycles. The highest BCUT2D eigenvalue weighted by Crippen LogP contribution is 2.19. The Morgan fingerprint density at radius 2 is 2.06 bits per heavy atom. The van der Waals surface area contributed by atoms with Crippen LogP contribution in [0.2, 0.25) is 0 Å². The molecule has 0 spiro atoms. The first kappa shape index (κ1) is 14.0. The fourth-order valence-corrected chi connectivity index (χ4v) is 1.50. The highest BCUT2D eigenvalue weighted by Gasteiger charge is 2.16. The number of hydrogen-bond acceptors (Lipinski definition) is 3. The molecule has 4 nitrogen and oxygen atoms in total. The number of nitrogens with one attached hydrogen (secondary N) is 1. The number of carbonyl (C=O) groups excluding carboxylic acids is 1. The normalized spacial score (nSPS) is 12.1. The third-order valence-corrected chi connectivity index (χ3v) is 2.55. The molecule has 1 atom stereocenters. The summed E-state index contributed by atoms with van der Waals surface area (Å²) in [4.78, 5) is 11.6. The summed E-state index contributed by atoms with van der Waals surface area (Å²) in [5.41, 5.74) is 0.767. The van der Waals surface area contributed by atoms with Crippen LogP contribution >= 0.6 is 11.6 Å². The van der Waals surface area contributed by atoms with Crippen LogP contribution in [-0.4, -0.2) is 37.4 Å². The molecule has 1 aromatic rings. The van der Waals surface area contributed by atoms with Crippen LogP contribution < -0.4 is 5.32 Å². The van der Waals surface area contributed by atoms with E-state index in [2.05, 4.69) is 5.32 Å². The van der Waals surface area contributed by atoms with Gasteiger partial charge in [0.1, 0.15) is 5.38 Å². The van der Waals surface area contributed by atoms with Gasteiger partial charge in [0.05, 0.1) is 19.8 Å². The number of hydrogen-bond donors (Lipinski definition) is 2. The molecule has 1 rings (SSSR count). The van der Waals surface area contributed by atoms with Gasteiger partial charge >= 0.3 is 0 Å². The molecule has 0 aliphatic carbocycles. The number of aliphatic hydroxyl groups excluding tert-OH is 1. The number of alkyl halides is 1. The molecule has 1 unspecified atom stereocenters. The van der Waals surface area contributed by atoms with Crippen molar-refractivity contribution in [2.24, 2.45) is 0 Å². The van der Waals surface area contributed by atoms with Crippen LogP contribution in [-0.2, 0) is 9.53 Å². The number of benzene rings is 1. The highest BCUT2D eigenvalue weighted by atomic mass is 35.5. The van der Waals surface area contributed by atoms with Crippen LogP contribution in [0.15, 0.2) is 30.3 Å². The Balaban J connectivity index is 2.28. The topological polar surface area (TPSA) is 58.6 Å². The van der Waals surface area contributed by atoms with Gasteiger partial charge in [-0.15, -0.1) is 11.6 Å². The number of aliphatic hydroxyl groups is 1. The zero-order chi connectivity index (χ0) is 12.5. The lowest BCUT2D eigenvalue weighted by molar-refractivity contribution is -0.121. The molecule has 0 aromatic heterocycles. The molecule has 5 heteroatoms. The predicted molar refractivity (Wildman–Crippen MR) is 66.0 cm³/mol. The summed E-state index contributed by atoms with van der Waals surface area (Å²) in [5, 5.41) is 10.5. The summed E-state index contributed by atoms with van der Waals surface area (Å²) in [6, 6.07) is 9.15. The van der Waals surface area contributed by atoms with Crippen LogP contribution in [0.1, 0.15) is 10.9 Å². The van der Waals surface area contributed by atoms with Gasteiger partial charge in [-0.1, -0.05) is 30.3 Å². The van der Waals surface area contributed by atoms with E-state index in [1.165, 1.54) is 0 Å². The molecule has 0 saturated carbocycles. The number of halogens is 1. The van der Waals surface area contributed by atoms with Gasteiger partial charge in [0.15, 0.2) is 0 Å². The molecule has 1 aromatic carbocycles. The van der Waals surface area contributed by atoms with Crippen molar-refractivity contribution in [2.45, 2.75) is 5.38 Å². The summed E-state index contributed by atoms with van der Waals surface area (Å²) in [5.74, 6) is -0.245. The van der Waals surface area contributed by atoms with Crippen LogP contribution in [0, 0.1) is 0 Å². The monoisotopic (exact) mass is 257 g/mol.